The Bertz CT molecular complexity index is 477. The van der Waals surface area contributed by atoms with Crippen LogP contribution in [0.3, 0.4) is 0 Å². The van der Waals surface area contributed by atoms with E-state index in [1.165, 1.54) is 25.8 Å². The van der Waals surface area contributed by atoms with E-state index in [1.807, 2.05) is 13.0 Å². The van der Waals surface area contributed by atoms with Crippen molar-refractivity contribution >= 4 is 11.6 Å². The lowest BCUT2D eigenvalue weighted by atomic mass is 9.97. The molecule has 2 unspecified atom stereocenters. The number of piperazine rings is 1. The first kappa shape index (κ1) is 13.6. The average molecular weight is 276 g/mol. The molecule has 0 radical (unpaired) electrons. The molecule has 3 heterocycles. The van der Waals surface area contributed by atoms with E-state index in [1.54, 1.807) is 0 Å². The van der Waals surface area contributed by atoms with Crippen molar-refractivity contribution in [1.29, 1.82) is 0 Å². The molecule has 110 valence electrons. The highest BCUT2D eigenvalue weighted by Gasteiger charge is 2.33. The standard InChI is InChI=1S/C14H24N6/c1-10-8-19-6-4-3-5-12(19)9-20(10)14-7-13(18-15)16-11(2)17-14/h7,10,12H,3-6,8-9,15H2,1-2H3,(H,16,17,18). The van der Waals surface area contributed by atoms with Crippen LogP contribution in [0, 0.1) is 6.92 Å². The Morgan fingerprint density at radius 3 is 2.95 bits per heavy atom. The number of nitrogen functional groups attached to an aromatic ring is 1. The molecular weight excluding hydrogens is 252 g/mol. The monoisotopic (exact) mass is 276 g/mol. The van der Waals surface area contributed by atoms with Gasteiger partial charge in [-0.3, -0.25) is 4.90 Å². The zero-order valence-electron chi connectivity index (χ0n) is 12.3. The molecular formula is C14H24N6. The van der Waals surface area contributed by atoms with Gasteiger partial charge in [-0.15, -0.1) is 0 Å². The predicted octanol–water partition coefficient (Wildman–Crippen LogP) is 1.13. The molecule has 20 heavy (non-hydrogen) atoms. The van der Waals surface area contributed by atoms with Gasteiger partial charge >= 0.3 is 0 Å². The third-order valence-electron chi connectivity index (χ3n) is 4.45. The minimum Gasteiger partial charge on any atom is -0.351 e. The second-order valence-electron chi connectivity index (χ2n) is 5.95. The van der Waals surface area contributed by atoms with Gasteiger partial charge in [0.05, 0.1) is 0 Å². The van der Waals surface area contributed by atoms with Gasteiger partial charge in [0.2, 0.25) is 0 Å². The van der Waals surface area contributed by atoms with Crippen LogP contribution in [0.15, 0.2) is 6.07 Å². The predicted molar refractivity (Wildman–Crippen MR) is 80.6 cm³/mol. The number of nitrogens with one attached hydrogen (secondary N) is 1. The molecule has 2 atom stereocenters. The minimum atomic E-state index is 0.476. The van der Waals surface area contributed by atoms with Crippen LogP contribution in [0.25, 0.3) is 0 Å². The maximum atomic E-state index is 5.49. The zero-order valence-corrected chi connectivity index (χ0v) is 12.3. The third-order valence-corrected chi connectivity index (χ3v) is 4.45. The number of nitrogens with zero attached hydrogens (tertiary/aromatic N) is 4. The summed E-state index contributed by atoms with van der Waals surface area (Å²) in [6.07, 6.45) is 3.99. The third kappa shape index (κ3) is 2.58. The van der Waals surface area contributed by atoms with Crippen molar-refractivity contribution in [3.63, 3.8) is 0 Å². The number of aromatic nitrogens is 2. The maximum absolute atomic E-state index is 5.49. The van der Waals surface area contributed by atoms with Gasteiger partial charge < -0.3 is 10.3 Å². The highest BCUT2D eigenvalue weighted by molar-refractivity contribution is 5.50. The van der Waals surface area contributed by atoms with Crippen LogP contribution >= 0.6 is 0 Å². The molecule has 0 aromatic carbocycles. The van der Waals surface area contributed by atoms with Gasteiger partial charge in [-0.25, -0.2) is 15.8 Å². The summed E-state index contributed by atoms with van der Waals surface area (Å²) in [5.41, 5.74) is 2.63. The van der Waals surface area contributed by atoms with Crippen molar-refractivity contribution in [1.82, 2.24) is 14.9 Å². The molecule has 3 N–H and O–H groups in total. The number of rotatable bonds is 2. The van der Waals surface area contributed by atoms with Crippen molar-refractivity contribution in [3.8, 4) is 0 Å². The summed E-state index contributed by atoms with van der Waals surface area (Å²) in [5, 5.41) is 0. The van der Waals surface area contributed by atoms with Crippen LogP contribution in [0.1, 0.15) is 32.0 Å². The van der Waals surface area contributed by atoms with Crippen molar-refractivity contribution < 1.29 is 0 Å². The SMILES string of the molecule is Cc1nc(NN)cc(N2CC3CCCCN3CC2C)n1. The van der Waals surface area contributed by atoms with Gasteiger partial charge in [-0.05, 0) is 33.2 Å². The fourth-order valence-corrected chi connectivity index (χ4v) is 3.44. The van der Waals surface area contributed by atoms with E-state index in [-0.39, 0.29) is 0 Å². The summed E-state index contributed by atoms with van der Waals surface area (Å²) >= 11 is 0. The van der Waals surface area contributed by atoms with Crippen LogP contribution in [-0.4, -0.2) is 46.6 Å². The molecule has 0 bridgehead atoms. The van der Waals surface area contributed by atoms with Crippen LogP contribution in [0.2, 0.25) is 0 Å². The quantitative estimate of drug-likeness (QED) is 0.623. The Labute approximate surface area is 120 Å². The smallest absolute Gasteiger partial charge is 0.145 e. The lowest BCUT2D eigenvalue weighted by Gasteiger charge is -2.48. The van der Waals surface area contributed by atoms with Crippen LogP contribution in [0.4, 0.5) is 11.6 Å². The van der Waals surface area contributed by atoms with Crippen molar-refractivity contribution in [2.24, 2.45) is 5.84 Å². The molecule has 0 amide bonds. The Kier molecular flexibility index (Phi) is 3.76. The first-order valence-electron chi connectivity index (χ1n) is 7.50. The highest BCUT2D eigenvalue weighted by Crippen LogP contribution is 2.27. The Morgan fingerprint density at radius 1 is 1.30 bits per heavy atom. The molecule has 0 saturated carbocycles. The van der Waals surface area contributed by atoms with E-state index in [0.717, 1.165) is 24.7 Å². The first-order chi connectivity index (χ1) is 9.67. The Morgan fingerprint density at radius 2 is 2.15 bits per heavy atom. The Hall–Kier alpha value is -1.40. The fraction of sp³-hybridized carbons (Fsp3) is 0.714. The molecule has 1 aromatic rings. The largest absolute Gasteiger partial charge is 0.351 e. The second-order valence-corrected chi connectivity index (χ2v) is 5.95. The van der Waals surface area contributed by atoms with Gasteiger partial charge in [0.25, 0.3) is 0 Å². The summed E-state index contributed by atoms with van der Waals surface area (Å²) in [6, 6.07) is 3.09. The molecule has 6 heteroatoms. The zero-order chi connectivity index (χ0) is 14.1. The number of fused-ring (bicyclic) bond motifs is 1. The molecule has 3 rings (SSSR count). The first-order valence-corrected chi connectivity index (χ1v) is 7.50. The topological polar surface area (TPSA) is 70.3 Å². The van der Waals surface area contributed by atoms with E-state index < -0.39 is 0 Å². The lowest BCUT2D eigenvalue weighted by Crippen LogP contribution is -2.59. The lowest BCUT2D eigenvalue weighted by molar-refractivity contribution is 0.115. The van der Waals surface area contributed by atoms with Gasteiger partial charge in [0.1, 0.15) is 17.5 Å². The van der Waals surface area contributed by atoms with Gasteiger partial charge in [-0.2, -0.15) is 0 Å². The number of hydrazine groups is 1. The van der Waals surface area contributed by atoms with Crippen molar-refractivity contribution in [2.45, 2.75) is 45.2 Å². The molecule has 2 saturated heterocycles. The van der Waals surface area contributed by atoms with E-state index in [9.17, 15) is 0 Å². The van der Waals surface area contributed by atoms with E-state index in [0.29, 0.717) is 17.9 Å². The normalized spacial score (nSPS) is 27.2. The summed E-state index contributed by atoms with van der Waals surface area (Å²) < 4.78 is 0. The van der Waals surface area contributed by atoms with Gasteiger partial charge in [0.15, 0.2) is 0 Å². The number of nitrogens with two attached hydrogens (primary N) is 1. The van der Waals surface area contributed by atoms with E-state index >= 15 is 0 Å². The van der Waals surface area contributed by atoms with Crippen LogP contribution < -0.4 is 16.2 Å². The summed E-state index contributed by atoms with van der Waals surface area (Å²) in [4.78, 5) is 13.9. The Balaban J connectivity index is 1.83. The second kappa shape index (κ2) is 5.54. The average Bonchev–Trinajstić information content (AvgIpc) is 2.45. The minimum absolute atomic E-state index is 0.476. The highest BCUT2D eigenvalue weighted by atomic mass is 15.3. The molecule has 2 aliphatic rings. The molecule has 0 spiro atoms. The van der Waals surface area contributed by atoms with Crippen LogP contribution in [-0.2, 0) is 0 Å². The van der Waals surface area contributed by atoms with Gasteiger partial charge in [0, 0.05) is 31.2 Å². The van der Waals surface area contributed by atoms with E-state index in [4.69, 9.17) is 5.84 Å². The molecule has 0 aliphatic carbocycles. The number of piperidine rings is 1. The summed E-state index contributed by atoms with van der Waals surface area (Å²) in [7, 11) is 0. The molecule has 2 aliphatic heterocycles. The summed E-state index contributed by atoms with van der Waals surface area (Å²) in [6.45, 7) is 7.62. The van der Waals surface area contributed by atoms with Crippen LogP contribution in [0.5, 0.6) is 0 Å². The van der Waals surface area contributed by atoms with E-state index in [2.05, 4.69) is 32.1 Å². The number of aryl methyl sites for hydroxylation is 1. The summed E-state index contributed by atoms with van der Waals surface area (Å²) in [5.74, 6) is 7.92. The number of anilines is 2. The van der Waals surface area contributed by atoms with Gasteiger partial charge in [-0.1, -0.05) is 6.42 Å². The fourth-order valence-electron chi connectivity index (χ4n) is 3.44. The molecule has 6 nitrogen and oxygen atoms in total. The van der Waals surface area contributed by atoms with Crippen molar-refractivity contribution in [3.05, 3.63) is 11.9 Å². The maximum Gasteiger partial charge on any atom is 0.145 e. The van der Waals surface area contributed by atoms with Crippen molar-refractivity contribution in [2.75, 3.05) is 30.0 Å². The number of hydrogen-bond acceptors (Lipinski definition) is 6. The molecule has 2 fully saturated rings. The molecule has 1 aromatic heterocycles. The number of hydrogen-bond donors (Lipinski definition) is 2.